The molecule has 2 aromatic heterocycles. The number of nitrogens with one attached hydrogen (secondary N) is 1. The maximum Gasteiger partial charge on any atom is 0.292 e. The van der Waals surface area contributed by atoms with Gasteiger partial charge in [0.25, 0.3) is 5.91 Å². The number of benzene rings is 1. The van der Waals surface area contributed by atoms with Crippen molar-refractivity contribution in [3.8, 4) is 5.75 Å². The van der Waals surface area contributed by atoms with Crippen LogP contribution in [0.5, 0.6) is 5.75 Å². The van der Waals surface area contributed by atoms with E-state index in [-0.39, 0.29) is 29.2 Å². The highest BCUT2D eigenvalue weighted by Crippen LogP contribution is 2.39. The molecule has 0 unspecified atom stereocenters. The summed E-state index contributed by atoms with van der Waals surface area (Å²) in [4.78, 5) is 23.4. The molecule has 1 saturated carbocycles. The van der Waals surface area contributed by atoms with Gasteiger partial charge in [0.15, 0.2) is 0 Å². The zero-order valence-corrected chi connectivity index (χ0v) is 16.2. The third-order valence-electron chi connectivity index (χ3n) is 5.38. The highest BCUT2D eigenvalue weighted by Gasteiger charge is 2.39. The smallest absolute Gasteiger partial charge is 0.292 e. The molecule has 3 heterocycles. The second kappa shape index (κ2) is 6.43. The number of rotatable bonds is 5. The predicted octanol–water partition coefficient (Wildman–Crippen LogP) is 3.54. The van der Waals surface area contributed by atoms with Gasteiger partial charge in [-0.15, -0.1) is 0 Å². The molecule has 1 amide bonds. The van der Waals surface area contributed by atoms with E-state index in [0.717, 1.165) is 24.0 Å². The maximum absolute atomic E-state index is 13.0. The summed E-state index contributed by atoms with van der Waals surface area (Å²) >= 11 is 0. The number of carbonyl (C=O) groups excluding carboxylic acids is 1. The lowest BCUT2D eigenvalue weighted by molar-refractivity contribution is 0.0168. The van der Waals surface area contributed by atoms with Crippen molar-refractivity contribution in [3.05, 3.63) is 47.7 Å². The Bertz CT molecular complexity index is 1090. The summed E-state index contributed by atoms with van der Waals surface area (Å²) in [6.07, 6.45) is 1.99. The lowest BCUT2D eigenvalue weighted by Crippen LogP contribution is -2.56. The number of carbonyl (C=O) groups is 1. The first-order valence-corrected chi connectivity index (χ1v) is 9.66. The van der Waals surface area contributed by atoms with Crippen molar-refractivity contribution in [2.75, 3.05) is 18.4 Å². The number of nitrogens with zero attached hydrogens (tertiary/aromatic N) is 3. The SMILES string of the molecule is Cc1cc2c(NC3(C)CC3)nc(C(=O)N3CC(Oc4ccc(F)cc4)C3)nc2o1. The third kappa shape index (κ3) is 3.50. The van der Waals surface area contributed by atoms with E-state index in [1.54, 1.807) is 17.0 Å². The van der Waals surface area contributed by atoms with E-state index in [1.807, 2.05) is 13.0 Å². The molecular weight excluding hydrogens is 375 g/mol. The van der Waals surface area contributed by atoms with Gasteiger partial charge in [0.2, 0.25) is 11.5 Å². The Morgan fingerprint density at radius 2 is 2.00 bits per heavy atom. The molecule has 7 nitrogen and oxygen atoms in total. The normalized spacial score (nSPS) is 17.8. The summed E-state index contributed by atoms with van der Waals surface area (Å²) in [5.41, 5.74) is 0.421. The standard InChI is InChI=1S/C21H21FN4O3/c1-12-9-16-17(25-21(2)7-8-21)23-18(24-19(16)28-12)20(27)26-10-15(11-26)29-14-5-3-13(22)4-6-14/h3-6,9,15H,7-8,10-11H2,1-2H3,(H,23,24,25). The van der Waals surface area contributed by atoms with Gasteiger partial charge in [-0.1, -0.05) is 0 Å². The Morgan fingerprint density at radius 3 is 2.69 bits per heavy atom. The second-order valence-electron chi connectivity index (χ2n) is 8.06. The van der Waals surface area contributed by atoms with Gasteiger partial charge in [-0.05, 0) is 57.0 Å². The third-order valence-corrected chi connectivity index (χ3v) is 5.38. The van der Waals surface area contributed by atoms with Crippen molar-refractivity contribution in [2.24, 2.45) is 0 Å². The highest BCUT2D eigenvalue weighted by atomic mass is 19.1. The summed E-state index contributed by atoms with van der Waals surface area (Å²) in [6.45, 7) is 4.82. The Labute approximate surface area is 166 Å². The summed E-state index contributed by atoms with van der Waals surface area (Å²) in [5.74, 6) is 1.47. The fourth-order valence-electron chi connectivity index (χ4n) is 3.36. The minimum atomic E-state index is -0.312. The van der Waals surface area contributed by atoms with E-state index in [4.69, 9.17) is 9.15 Å². The molecule has 1 N–H and O–H groups in total. The Morgan fingerprint density at radius 1 is 1.28 bits per heavy atom. The lowest BCUT2D eigenvalue weighted by atomic mass is 10.1. The lowest BCUT2D eigenvalue weighted by Gasteiger charge is -2.38. The summed E-state index contributed by atoms with van der Waals surface area (Å²) < 4.78 is 24.4. The summed E-state index contributed by atoms with van der Waals surface area (Å²) in [7, 11) is 0. The van der Waals surface area contributed by atoms with Crippen LogP contribution in [0.2, 0.25) is 0 Å². The molecule has 3 aromatic rings. The van der Waals surface area contributed by atoms with E-state index in [2.05, 4.69) is 22.2 Å². The molecule has 1 aromatic carbocycles. The monoisotopic (exact) mass is 396 g/mol. The first kappa shape index (κ1) is 17.9. The van der Waals surface area contributed by atoms with Gasteiger partial charge in [-0.2, -0.15) is 4.98 Å². The van der Waals surface area contributed by atoms with Gasteiger partial charge in [0, 0.05) is 5.54 Å². The van der Waals surface area contributed by atoms with E-state index in [0.29, 0.717) is 30.4 Å². The van der Waals surface area contributed by atoms with E-state index < -0.39 is 0 Å². The van der Waals surface area contributed by atoms with Gasteiger partial charge < -0.3 is 19.4 Å². The number of amides is 1. The van der Waals surface area contributed by atoms with Crippen LogP contribution in [-0.4, -0.2) is 45.5 Å². The van der Waals surface area contributed by atoms with E-state index in [1.165, 1.54) is 12.1 Å². The number of fused-ring (bicyclic) bond motifs is 1. The maximum atomic E-state index is 13.0. The number of anilines is 1. The van der Waals surface area contributed by atoms with Crippen LogP contribution < -0.4 is 10.1 Å². The number of halogens is 1. The summed E-state index contributed by atoms with van der Waals surface area (Å²) in [5, 5.41) is 4.21. The van der Waals surface area contributed by atoms with Crippen LogP contribution in [-0.2, 0) is 0 Å². The zero-order valence-electron chi connectivity index (χ0n) is 16.2. The first-order valence-electron chi connectivity index (χ1n) is 9.66. The molecule has 2 fully saturated rings. The quantitative estimate of drug-likeness (QED) is 0.711. The van der Waals surface area contributed by atoms with Crippen LogP contribution in [0, 0.1) is 12.7 Å². The van der Waals surface area contributed by atoms with E-state index in [9.17, 15) is 9.18 Å². The molecule has 1 aliphatic carbocycles. The first-order chi connectivity index (χ1) is 13.9. The van der Waals surface area contributed by atoms with Gasteiger partial charge in [0.05, 0.1) is 18.5 Å². The van der Waals surface area contributed by atoms with Crippen molar-refractivity contribution in [1.82, 2.24) is 14.9 Å². The number of aryl methyl sites for hydroxylation is 1. The van der Waals surface area contributed by atoms with Gasteiger partial charge >= 0.3 is 0 Å². The van der Waals surface area contributed by atoms with Crippen LogP contribution >= 0.6 is 0 Å². The summed E-state index contributed by atoms with van der Waals surface area (Å²) in [6, 6.07) is 7.73. The van der Waals surface area contributed by atoms with Crippen molar-refractivity contribution in [2.45, 2.75) is 38.3 Å². The number of furan rings is 1. The number of hydrogen-bond acceptors (Lipinski definition) is 6. The fraction of sp³-hybridized carbons (Fsp3) is 0.381. The Hall–Kier alpha value is -3.16. The number of hydrogen-bond donors (Lipinski definition) is 1. The van der Waals surface area contributed by atoms with E-state index >= 15 is 0 Å². The second-order valence-corrected chi connectivity index (χ2v) is 8.06. The highest BCUT2D eigenvalue weighted by molar-refractivity contribution is 5.95. The molecule has 5 rings (SSSR count). The van der Waals surface area contributed by atoms with Crippen molar-refractivity contribution >= 4 is 22.8 Å². The molecule has 0 radical (unpaired) electrons. The molecule has 150 valence electrons. The largest absolute Gasteiger partial charge is 0.487 e. The van der Waals surface area contributed by atoms with Gasteiger partial charge in [-0.25, -0.2) is 9.37 Å². The van der Waals surface area contributed by atoms with Crippen LogP contribution in [0.25, 0.3) is 11.1 Å². The van der Waals surface area contributed by atoms with Gasteiger partial charge in [0.1, 0.15) is 29.2 Å². The molecule has 8 heteroatoms. The molecule has 0 bridgehead atoms. The predicted molar refractivity (Wildman–Crippen MR) is 105 cm³/mol. The topological polar surface area (TPSA) is 80.5 Å². The van der Waals surface area contributed by atoms with Crippen LogP contribution in [0.3, 0.4) is 0 Å². The minimum absolute atomic E-state index is 0.0115. The van der Waals surface area contributed by atoms with Crippen LogP contribution in [0.1, 0.15) is 36.1 Å². The molecule has 0 atom stereocenters. The zero-order chi connectivity index (χ0) is 20.2. The van der Waals surface area contributed by atoms with Crippen molar-refractivity contribution in [1.29, 1.82) is 0 Å². The van der Waals surface area contributed by atoms with Gasteiger partial charge in [-0.3, -0.25) is 4.79 Å². The van der Waals surface area contributed by atoms with Crippen molar-refractivity contribution in [3.63, 3.8) is 0 Å². The fourth-order valence-corrected chi connectivity index (χ4v) is 3.36. The average Bonchev–Trinajstić information content (AvgIpc) is 3.24. The van der Waals surface area contributed by atoms with Crippen molar-refractivity contribution < 1.29 is 18.3 Å². The number of likely N-dealkylation sites (tertiary alicyclic amines) is 1. The number of aromatic nitrogens is 2. The molecule has 1 aliphatic heterocycles. The Balaban J connectivity index is 1.31. The molecule has 1 saturated heterocycles. The molecular formula is C21H21FN4O3. The molecule has 0 spiro atoms. The molecule has 29 heavy (non-hydrogen) atoms. The Kier molecular flexibility index (Phi) is 3.97. The minimum Gasteiger partial charge on any atom is -0.487 e. The molecule has 2 aliphatic rings. The van der Waals surface area contributed by atoms with Crippen LogP contribution in [0.15, 0.2) is 34.7 Å². The van der Waals surface area contributed by atoms with Crippen LogP contribution in [0.4, 0.5) is 10.2 Å². The number of ether oxygens (including phenoxy) is 1. The average molecular weight is 396 g/mol.